The first-order valence-electron chi connectivity index (χ1n) is 6.21. The SMILES string of the molecule is CNc1nc(Nc2ccccc2Br)nc(-n2cccn2)n1. The van der Waals surface area contributed by atoms with Crippen LogP contribution in [0.5, 0.6) is 0 Å². The lowest BCUT2D eigenvalue weighted by Crippen LogP contribution is -2.09. The maximum absolute atomic E-state index is 4.37. The third kappa shape index (κ3) is 3.00. The van der Waals surface area contributed by atoms with Crippen molar-refractivity contribution >= 4 is 33.5 Å². The molecule has 21 heavy (non-hydrogen) atoms. The molecule has 2 heterocycles. The highest BCUT2D eigenvalue weighted by Gasteiger charge is 2.09. The molecule has 0 fully saturated rings. The van der Waals surface area contributed by atoms with Gasteiger partial charge in [-0.05, 0) is 34.1 Å². The van der Waals surface area contributed by atoms with Crippen LogP contribution in [0.15, 0.2) is 47.2 Å². The van der Waals surface area contributed by atoms with Gasteiger partial charge in [-0.15, -0.1) is 0 Å². The van der Waals surface area contributed by atoms with Crippen molar-refractivity contribution in [1.82, 2.24) is 24.7 Å². The van der Waals surface area contributed by atoms with Gasteiger partial charge in [0.05, 0.1) is 5.69 Å². The van der Waals surface area contributed by atoms with Gasteiger partial charge in [0.2, 0.25) is 11.9 Å². The van der Waals surface area contributed by atoms with Gasteiger partial charge in [0.25, 0.3) is 5.95 Å². The highest BCUT2D eigenvalue weighted by molar-refractivity contribution is 9.10. The van der Waals surface area contributed by atoms with E-state index in [2.05, 4.69) is 46.6 Å². The van der Waals surface area contributed by atoms with Crippen molar-refractivity contribution in [2.24, 2.45) is 0 Å². The second-order valence-electron chi connectivity index (χ2n) is 4.09. The van der Waals surface area contributed by atoms with Crippen molar-refractivity contribution < 1.29 is 0 Å². The topological polar surface area (TPSA) is 80.5 Å². The van der Waals surface area contributed by atoms with E-state index < -0.39 is 0 Å². The Labute approximate surface area is 129 Å². The lowest BCUT2D eigenvalue weighted by molar-refractivity contribution is 0.800. The summed E-state index contributed by atoms with van der Waals surface area (Å²) in [5.41, 5.74) is 0.872. The molecule has 0 amide bonds. The normalized spacial score (nSPS) is 10.4. The van der Waals surface area contributed by atoms with E-state index in [9.17, 15) is 0 Å². The molecule has 106 valence electrons. The van der Waals surface area contributed by atoms with E-state index in [1.54, 1.807) is 24.1 Å². The quantitative estimate of drug-likeness (QED) is 0.756. The van der Waals surface area contributed by atoms with Crippen molar-refractivity contribution in [2.75, 3.05) is 17.7 Å². The standard InChI is InChI=1S/C13H12BrN7/c1-15-11-18-12(17-10-6-3-2-5-9(10)14)20-13(19-11)21-8-4-7-16-21/h2-8H,1H3,(H2,15,17,18,19,20). The Bertz CT molecular complexity index is 742. The first-order valence-corrected chi connectivity index (χ1v) is 7.01. The van der Waals surface area contributed by atoms with Crippen LogP contribution < -0.4 is 10.6 Å². The maximum Gasteiger partial charge on any atom is 0.257 e. The fourth-order valence-corrected chi connectivity index (χ4v) is 2.09. The number of benzene rings is 1. The number of hydrogen-bond acceptors (Lipinski definition) is 6. The molecule has 0 saturated heterocycles. The van der Waals surface area contributed by atoms with Crippen molar-refractivity contribution in [3.05, 3.63) is 47.2 Å². The predicted molar refractivity (Wildman–Crippen MR) is 83.9 cm³/mol. The van der Waals surface area contributed by atoms with Crippen LogP contribution in [0.25, 0.3) is 5.95 Å². The summed E-state index contributed by atoms with van der Waals surface area (Å²) in [6, 6.07) is 9.56. The molecule has 8 heteroatoms. The van der Waals surface area contributed by atoms with Crippen LogP contribution in [0.1, 0.15) is 0 Å². The van der Waals surface area contributed by atoms with Crippen LogP contribution in [-0.4, -0.2) is 31.8 Å². The number of aromatic nitrogens is 5. The first-order chi connectivity index (χ1) is 10.3. The fraction of sp³-hybridized carbons (Fsp3) is 0.0769. The summed E-state index contributed by atoms with van der Waals surface area (Å²) in [5.74, 6) is 1.34. The van der Waals surface area contributed by atoms with Crippen LogP contribution in [-0.2, 0) is 0 Å². The summed E-state index contributed by atoms with van der Waals surface area (Å²) < 4.78 is 2.50. The second kappa shape index (κ2) is 5.88. The molecule has 2 N–H and O–H groups in total. The summed E-state index contributed by atoms with van der Waals surface area (Å²) in [4.78, 5) is 12.9. The number of anilines is 3. The number of halogens is 1. The molecule has 2 aromatic heterocycles. The number of rotatable bonds is 4. The van der Waals surface area contributed by atoms with Gasteiger partial charge in [-0.3, -0.25) is 0 Å². The van der Waals surface area contributed by atoms with Crippen molar-refractivity contribution in [2.45, 2.75) is 0 Å². The summed E-state index contributed by atoms with van der Waals surface area (Å²) in [7, 11) is 1.75. The third-order valence-corrected chi connectivity index (χ3v) is 3.37. The highest BCUT2D eigenvalue weighted by Crippen LogP contribution is 2.24. The Morgan fingerprint density at radius 1 is 1.05 bits per heavy atom. The molecule has 3 rings (SSSR count). The van der Waals surface area contributed by atoms with Gasteiger partial charge in [0.15, 0.2) is 0 Å². The van der Waals surface area contributed by atoms with E-state index >= 15 is 0 Å². The molecule has 1 aromatic carbocycles. The van der Waals surface area contributed by atoms with Crippen LogP contribution in [0.3, 0.4) is 0 Å². The lowest BCUT2D eigenvalue weighted by atomic mass is 10.3. The average molecular weight is 346 g/mol. The van der Waals surface area contributed by atoms with Gasteiger partial charge < -0.3 is 10.6 Å². The average Bonchev–Trinajstić information content (AvgIpc) is 3.04. The molecular weight excluding hydrogens is 334 g/mol. The highest BCUT2D eigenvalue weighted by atomic mass is 79.9. The molecule has 0 bridgehead atoms. The number of para-hydroxylation sites is 1. The van der Waals surface area contributed by atoms with Crippen molar-refractivity contribution in [3.63, 3.8) is 0 Å². The van der Waals surface area contributed by atoms with Gasteiger partial charge in [-0.2, -0.15) is 20.1 Å². The van der Waals surface area contributed by atoms with Crippen LogP contribution in [0.2, 0.25) is 0 Å². The van der Waals surface area contributed by atoms with Crippen molar-refractivity contribution in [3.8, 4) is 5.95 Å². The Morgan fingerprint density at radius 3 is 2.57 bits per heavy atom. The van der Waals surface area contributed by atoms with Gasteiger partial charge >= 0.3 is 0 Å². The van der Waals surface area contributed by atoms with E-state index in [1.807, 2.05) is 30.3 Å². The second-order valence-corrected chi connectivity index (χ2v) is 4.94. The summed E-state index contributed by atoms with van der Waals surface area (Å²) in [6.45, 7) is 0. The largest absolute Gasteiger partial charge is 0.357 e. The van der Waals surface area contributed by atoms with Gasteiger partial charge in [-0.25, -0.2) is 4.68 Å². The van der Waals surface area contributed by atoms with Crippen molar-refractivity contribution in [1.29, 1.82) is 0 Å². The van der Waals surface area contributed by atoms with E-state index in [-0.39, 0.29) is 0 Å². The third-order valence-electron chi connectivity index (χ3n) is 2.68. The monoisotopic (exact) mass is 345 g/mol. The zero-order chi connectivity index (χ0) is 14.7. The van der Waals surface area contributed by atoms with E-state index in [0.29, 0.717) is 17.8 Å². The van der Waals surface area contributed by atoms with E-state index in [4.69, 9.17) is 0 Å². The smallest absolute Gasteiger partial charge is 0.257 e. The first kappa shape index (κ1) is 13.5. The maximum atomic E-state index is 4.37. The number of nitrogens with one attached hydrogen (secondary N) is 2. The minimum atomic E-state index is 0.437. The molecule has 0 aliphatic rings. The minimum Gasteiger partial charge on any atom is -0.357 e. The Morgan fingerprint density at radius 2 is 1.86 bits per heavy atom. The van der Waals surface area contributed by atoms with E-state index in [0.717, 1.165) is 10.2 Å². The summed E-state index contributed by atoms with van der Waals surface area (Å²) >= 11 is 3.48. The molecule has 0 saturated carbocycles. The molecular formula is C13H12BrN7. The van der Waals surface area contributed by atoms with Crippen LogP contribution in [0.4, 0.5) is 17.6 Å². The zero-order valence-electron chi connectivity index (χ0n) is 11.2. The van der Waals surface area contributed by atoms with Gasteiger partial charge in [0, 0.05) is 23.9 Å². The minimum absolute atomic E-state index is 0.437. The molecule has 0 atom stereocenters. The zero-order valence-corrected chi connectivity index (χ0v) is 12.7. The molecule has 0 unspecified atom stereocenters. The molecule has 0 radical (unpaired) electrons. The summed E-state index contributed by atoms with van der Waals surface area (Å²) in [5, 5.41) is 10.2. The van der Waals surface area contributed by atoms with Crippen LogP contribution in [0, 0.1) is 0 Å². The van der Waals surface area contributed by atoms with Gasteiger partial charge in [0.1, 0.15) is 0 Å². The van der Waals surface area contributed by atoms with E-state index in [1.165, 1.54) is 0 Å². The Hall–Kier alpha value is -2.48. The lowest BCUT2D eigenvalue weighted by Gasteiger charge is -2.09. The molecule has 7 nitrogen and oxygen atoms in total. The Balaban J connectivity index is 1.99. The van der Waals surface area contributed by atoms with Gasteiger partial charge in [-0.1, -0.05) is 12.1 Å². The molecule has 0 aliphatic carbocycles. The molecule has 3 aromatic rings. The Kier molecular flexibility index (Phi) is 3.78. The number of nitrogens with zero attached hydrogens (tertiary/aromatic N) is 5. The fourth-order valence-electron chi connectivity index (χ4n) is 1.71. The summed E-state index contributed by atoms with van der Waals surface area (Å²) in [6.07, 6.45) is 3.45. The molecule has 0 spiro atoms. The number of hydrogen-bond donors (Lipinski definition) is 2. The van der Waals surface area contributed by atoms with Crippen LogP contribution >= 0.6 is 15.9 Å². The molecule has 0 aliphatic heterocycles. The predicted octanol–water partition coefficient (Wildman–Crippen LogP) is 2.61.